The molecule has 1 atom stereocenters. The van der Waals surface area contributed by atoms with Gasteiger partial charge in [0.2, 0.25) is 17.1 Å². The maximum Gasteiger partial charge on any atom is 0.340 e. The van der Waals surface area contributed by atoms with Gasteiger partial charge in [-0.15, -0.1) is 0 Å². The van der Waals surface area contributed by atoms with Gasteiger partial charge in [0.05, 0.1) is 13.0 Å². The van der Waals surface area contributed by atoms with Gasteiger partial charge in [0.1, 0.15) is 17.9 Å². The number of carbonyl (C=O) groups excluding carboxylic acids is 1. The monoisotopic (exact) mass is 363 g/mol. The smallest absolute Gasteiger partial charge is 0.340 e. The summed E-state index contributed by atoms with van der Waals surface area (Å²) in [6.45, 7) is -0.484. The summed E-state index contributed by atoms with van der Waals surface area (Å²) in [6.07, 6.45) is 0. The minimum Gasteiger partial charge on any atom is -0.465 e. The number of carbonyl (C=O) groups is 1. The molecular formula is C17H14ClNO6. The molecule has 8 heteroatoms. The minimum atomic E-state index is -0.840. The molecule has 2 heterocycles. The van der Waals surface area contributed by atoms with Crippen molar-refractivity contribution in [2.45, 2.75) is 12.5 Å². The average Bonchev–Trinajstić information content (AvgIpc) is 2.61. The highest BCUT2D eigenvalue weighted by atomic mass is 35.5. The van der Waals surface area contributed by atoms with Crippen LogP contribution in [0.5, 0.6) is 5.75 Å². The molecule has 0 saturated carbocycles. The lowest BCUT2D eigenvalue weighted by molar-refractivity contribution is -0.136. The van der Waals surface area contributed by atoms with Crippen LogP contribution in [0.2, 0.25) is 5.02 Å². The lowest BCUT2D eigenvalue weighted by Gasteiger charge is -2.26. The van der Waals surface area contributed by atoms with Crippen molar-refractivity contribution in [3.8, 4) is 5.75 Å². The zero-order valence-corrected chi connectivity index (χ0v) is 13.9. The van der Waals surface area contributed by atoms with E-state index in [2.05, 4.69) is 0 Å². The number of hydrogen-bond donors (Lipinski definition) is 2. The Morgan fingerprint density at radius 2 is 2.04 bits per heavy atom. The molecule has 7 nitrogen and oxygen atoms in total. The first-order chi connectivity index (χ1) is 12.0. The third kappa shape index (κ3) is 2.99. The molecule has 0 amide bonds. The highest BCUT2D eigenvalue weighted by Gasteiger charge is 2.38. The van der Waals surface area contributed by atoms with Gasteiger partial charge in [-0.1, -0.05) is 23.7 Å². The van der Waals surface area contributed by atoms with E-state index in [4.69, 9.17) is 31.2 Å². The Bertz CT molecular complexity index is 916. The number of hydrogen-bond acceptors (Lipinski definition) is 7. The average molecular weight is 364 g/mol. The number of halogens is 1. The minimum absolute atomic E-state index is 0.00411. The molecule has 0 bridgehead atoms. The van der Waals surface area contributed by atoms with Gasteiger partial charge in [0.25, 0.3) is 0 Å². The van der Waals surface area contributed by atoms with E-state index in [9.17, 15) is 14.7 Å². The van der Waals surface area contributed by atoms with Crippen molar-refractivity contribution in [1.82, 2.24) is 0 Å². The van der Waals surface area contributed by atoms with Crippen molar-refractivity contribution in [2.24, 2.45) is 5.73 Å². The van der Waals surface area contributed by atoms with Crippen LogP contribution in [0, 0.1) is 0 Å². The highest BCUT2D eigenvalue weighted by molar-refractivity contribution is 6.30. The first-order valence-corrected chi connectivity index (χ1v) is 7.63. The summed E-state index contributed by atoms with van der Waals surface area (Å²) in [5.74, 6) is -1.84. The van der Waals surface area contributed by atoms with Crippen LogP contribution in [-0.2, 0) is 16.1 Å². The van der Waals surface area contributed by atoms with E-state index >= 15 is 0 Å². The number of aliphatic hydroxyl groups is 1. The number of fused-ring (bicyclic) bond motifs is 1. The molecule has 3 N–H and O–H groups in total. The number of esters is 1. The van der Waals surface area contributed by atoms with Gasteiger partial charge in [-0.3, -0.25) is 4.79 Å². The molecule has 0 spiro atoms. The van der Waals surface area contributed by atoms with Crippen LogP contribution < -0.4 is 15.9 Å². The van der Waals surface area contributed by atoms with Gasteiger partial charge in [0, 0.05) is 11.1 Å². The molecule has 1 aliphatic heterocycles. The molecule has 0 radical (unpaired) electrons. The van der Waals surface area contributed by atoms with E-state index in [1.54, 1.807) is 24.3 Å². The van der Waals surface area contributed by atoms with Crippen LogP contribution in [0.15, 0.2) is 51.0 Å². The fourth-order valence-corrected chi connectivity index (χ4v) is 2.78. The Labute approximate surface area is 147 Å². The number of benzene rings is 1. The van der Waals surface area contributed by atoms with Gasteiger partial charge in [-0.2, -0.15) is 0 Å². The van der Waals surface area contributed by atoms with Crippen molar-refractivity contribution < 1.29 is 23.8 Å². The molecule has 1 unspecified atom stereocenters. The van der Waals surface area contributed by atoms with Crippen molar-refractivity contribution in [3.63, 3.8) is 0 Å². The Kier molecular flexibility index (Phi) is 4.52. The van der Waals surface area contributed by atoms with Crippen LogP contribution in [0.1, 0.15) is 23.0 Å². The fourth-order valence-electron chi connectivity index (χ4n) is 2.66. The zero-order valence-electron chi connectivity index (χ0n) is 13.1. The van der Waals surface area contributed by atoms with Crippen LogP contribution in [0.25, 0.3) is 0 Å². The lowest BCUT2D eigenvalue weighted by Crippen LogP contribution is -2.29. The summed E-state index contributed by atoms with van der Waals surface area (Å²) in [5.41, 5.74) is 5.94. The summed E-state index contributed by atoms with van der Waals surface area (Å²) >= 11 is 5.92. The van der Waals surface area contributed by atoms with E-state index in [1.165, 1.54) is 7.11 Å². The lowest BCUT2D eigenvalue weighted by atomic mass is 9.87. The molecule has 0 saturated heterocycles. The predicted molar refractivity (Wildman–Crippen MR) is 88.1 cm³/mol. The van der Waals surface area contributed by atoms with E-state index in [-0.39, 0.29) is 28.7 Å². The second-order valence-corrected chi connectivity index (χ2v) is 5.72. The molecule has 1 aromatic carbocycles. The van der Waals surface area contributed by atoms with Crippen LogP contribution in [0.4, 0.5) is 0 Å². The summed E-state index contributed by atoms with van der Waals surface area (Å²) in [6, 6.07) is 7.71. The van der Waals surface area contributed by atoms with E-state index < -0.39 is 23.9 Å². The number of rotatable bonds is 3. The van der Waals surface area contributed by atoms with Gasteiger partial charge in [-0.05, 0) is 17.7 Å². The Morgan fingerprint density at radius 1 is 1.36 bits per heavy atom. The second-order valence-electron chi connectivity index (χ2n) is 5.28. The summed E-state index contributed by atoms with van der Waals surface area (Å²) in [7, 11) is 1.21. The predicted octanol–water partition coefficient (Wildman–Crippen LogP) is 1.65. The second kappa shape index (κ2) is 6.62. The Hall–Kier alpha value is -2.77. The van der Waals surface area contributed by atoms with Crippen LogP contribution in [-0.4, -0.2) is 18.2 Å². The van der Waals surface area contributed by atoms with E-state index in [1.807, 2.05) is 0 Å². The van der Waals surface area contributed by atoms with E-state index in [0.29, 0.717) is 10.6 Å². The molecular weight excluding hydrogens is 350 g/mol. The third-order valence-corrected chi connectivity index (χ3v) is 4.03. The first-order valence-electron chi connectivity index (χ1n) is 7.25. The normalized spacial score (nSPS) is 16.2. The van der Waals surface area contributed by atoms with Gasteiger partial charge in [-0.25, -0.2) is 4.79 Å². The van der Waals surface area contributed by atoms with Crippen molar-refractivity contribution >= 4 is 17.6 Å². The number of ether oxygens (including phenoxy) is 2. The molecule has 130 valence electrons. The topological polar surface area (TPSA) is 112 Å². The highest BCUT2D eigenvalue weighted by Crippen LogP contribution is 2.41. The molecule has 0 fully saturated rings. The molecule has 3 rings (SSSR count). The molecule has 0 aliphatic carbocycles. The summed E-state index contributed by atoms with van der Waals surface area (Å²) in [5, 5.41) is 9.81. The number of nitrogens with two attached hydrogens (primary N) is 1. The number of methoxy groups -OCH3 is 1. The summed E-state index contributed by atoms with van der Waals surface area (Å²) < 4.78 is 15.7. The van der Waals surface area contributed by atoms with Crippen molar-refractivity contribution in [2.75, 3.05) is 7.11 Å². The molecule has 2 aromatic rings. The SMILES string of the molecule is COC(=O)C1=C(N)Oc2c(oc(CO)cc2=O)C1c1ccc(Cl)cc1. The Balaban J connectivity index is 2.29. The van der Waals surface area contributed by atoms with Gasteiger partial charge in [0.15, 0.2) is 5.76 Å². The standard InChI is InChI=1S/C17H14ClNO6/c1-23-17(22)13-12(8-2-4-9(18)5-3-8)15-14(25-16(13)19)11(21)6-10(7-20)24-15/h2-6,12,20H,7,19H2,1H3. The fraction of sp³-hybridized carbons (Fsp3) is 0.176. The van der Waals surface area contributed by atoms with Crippen LogP contribution >= 0.6 is 11.6 Å². The molecule has 25 heavy (non-hydrogen) atoms. The summed E-state index contributed by atoms with van der Waals surface area (Å²) in [4.78, 5) is 24.5. The maximum atomic E-state index is 12.3. The Morgan fingerprint density at radius 3 is 2.64 bits per heavy atom. The largest absolute Gasteiger partial charge is 0.465 e. The van der Waals surface area contributed by atoms with E-state index in [0.717, 1.165) is 6.07 Å². The number of aliphatic hydroxyl groups excluding tert-OH is 1. The molecule has 1 aliphatic rings. The van der Waals surface area contributed by atoms with Crippen molar-refractivity contribution in [1.29, 1.82) is 0 Å². The van der Waals surface area contributed by atoms with Gasteiger partial charge >= 0.3 is 5.97 Å². The third-order valence-electron chi connectivity index (χ3n) is 3.77. The van der Waals surface area contributed by atoms with Gasteiger partial charge < -0.3 is 24.7 Å². The quantitative estimate of drug-likeness (QED) is 0.797. The zero-order chi connectivity index (χ0) is 18.1. The maximum absolute atomic E-state index is 12.3. The molecule has 1 aromatic heterocycles. The first kappa shape index (κ1) is 17.1. The van der Waals surface area contributed by atoms with Crippen molar-refractivity contribution in [3.05, 3.63) is 74.1 Å². The van der Waals surface area contributed by atoms with Crippen LogP contribution in [0.3, 0.4) is 0 Å².